The first-order valence-electron chi connectivity index (χ1n) is 9.21. The lowest BCUT2D eigenvalue weighted by Gasteiger charge is -2.20. The number of anilines is 1. The molecule has 0 radical (unpaired) electrons. The molecule has 1 aliphatic carbocycles. The highest BCUT2D eigenvalue weighted by Crippen LogP contribution is 2.40. The molecule has 1 heterocycles. The highest BCUT2D eigenvalue weighted by atomic mass is 35.5. The minimum atomic E-state index is -0.724. The monoisotopic (exact) mass is 402 g/mol. The molecule has 1 aromatic heterocycles. The first-order valence-corrected chi connectivity index (χ1v) is 10.4. The summed E-state index contributed by atoms with van der Waals surface area (Å²) in [7, 11) is 0. The molecule has 0 bridgehead atoms. The van der Waals surface area contributed by atoms with E-state index in [1.807, 2.05) is 19.1 Å². The number of thiophene rings is 1. The number of amides is 1. The number of benzene rings is 1. The van der Waals surface area contributed by atoms with Crippen molar-refractivity contribution in [1.29, 1.82) is 5.26 Å². The van der Waals surface area contributed by atoms with Crippen LogP contribution < -0.4 is 10.1 Å². The van der Waals surface area contributed by atoms with Crippen LogP contribution in [0.25, 0.3) is 0 Å². The first kappa shape index (κ1) is 19.7. The fourth-order valence-electron chi connectivity index (χ4n) is 3.37. The summed E-state index contributed by atoms with van der Waals surface area (Å²) < 4.78 is 5.75. The van der Waals surface area contributed by atoms with E-state index >= 15 is 0 Å². The average molecular weight is 403 g/mol. The minimum Gasteiger partial charge on any atom is -0.479 e. The van der Waals surface area contributed by atoms with Crippen molar-refractivity contribution in [2.45, 2.75) is 52.6 Å². The predicted octanol–water partition coefficient (Wildman–Crippen LogP) is 5.50. The van der Waals surface area contributed by atoms with E-state index in [0.29, 0.717) is 27.3 Å². The number of rotatable bonds is 5. The molecule has 2 atom stereocenters. The summed E-state index contributed by atoms with van der Waals surface area (Å²) in [6.07, 6.45) is 3.43. The Kier molecular flexibility index (Phi) is 6.08. The van der Waals surface area contributed by atoms with Gasteiger partial charge in [0, 0.05) is 4.88 Å². The number of nitrogens with one attached hydrogen (secondary N) is 1. The van der Waals surface area contributed by atoms with Crippen LogP contribution in [0.1, 0.15) is 48.3 Å². The zero-order valence-electron chi connectivity index (χ0n) is 15.8. The van der Waals surface area contributed by atoms with Crippen molar-refractivity contribution >= 4 is 33.8 Å². The molecule has 6 heteroatoms. The van der Waals surface area contributed by atoms with Crippen LogP contribution in [0.3, 0.4) is 0 Å². The van der Waals surface area contributed by atoms with E-state index in [4.69, 9.17) is 16.3 Å². The van der Waals surface area contributed by atoms with E-state index in [-0.39, 0.29) is 5.91 Å². The zero-order chi connectivity index (χ0) is 19.6. The SMILES string of the molecule is CC[C@H]1CCc2c(sc(NC(=O)[C@@H](C)Oc3cc(C)ccc3Cl)c2C#N)C1. The Morgan fingerprint density at radius 1 is 1.52 bits per heavy atom. The van der Waals surface area contributed by atoms with E-state index in [9.17, 15) is 10.1 Å². The molecule has 1 aliphatic rings. The van der Waals surface area contributed by atoms with E-state index in [0.717, 1.165) is 36.8 Å². The Morgan fingerprint density at radius 3 is 3.00 bits per heavy atom. The predicted molar refractivity (Wildman–Crippen MR) is 110 cm³/mol. The Balaban J connectivity index is 1.75. The summed E-state index contributed by atoms with van der Waals surface area (Å²) in [4.78, 5) is 13.9. The third kappa shape index (κ3) is 4.28. The average Bonchev–Trinajstić information content (AvgIpc) is 3.00. The number of hydrogen-bond donors (Lipinski definition) is 1. The molecule has 1 aromatic carbocycles. The standard InChI is InChI=1S/C21H23ClN2O2S/c1-4-14-6-7-15-16(11-23)21(27-19(15)10-14)24-20(25)13(3)26-18-9-12(2)5-8-17(18)22/h5,8-9,13-14H,4,6-7,10H2,1-3H3,(H,24,25)/t13-,14+/m1/s1. The van der Waals surface area contributed by atoms with Crippen molar-refractivity contribution in [2.24, 2.45) is 5.92 Å². The molecule has 1 N–H and O–H groups in total. The molecule has 0 aliphatic heterocycles. The van der Waals surface area contributed by atoms with E-state index in [1.165, 1.54) is 16.2 Å². The second-order valence-electron chi connectivity index (χ2n) is 7.02. The molecular formula is C21H23ClN2O2S. The van der Waals surface area contributed by atoms with Gasteiger partial charge in [-0.2, -0.15) is 5.26 Å². The molecule has 1 amide bonds. The van der Waals surface area contributed by atoms with Crippen LogP contribution in [-0.2, 0) is 17.6 Å². The summed E-state index contributed by atoms with van der Waals surface area (Å²) in [5.41, 5.74) is 2.72. The van der Waals surface area contributed by atoms with Crippen LogP contribution in [0.4, 0.5) is 5.00 Å². The summed E-state index contributed by atoms with van der Waals surface area (Å²) in [5, 5.41) is 13.6. The van der Waals surface area contributed by atoms with Crippen molar-refractivity contribution in [1.82, 2.24) is 0 Å². The van der Waals surface area contributed by atoms with Crippen LogP contribution in [-0.4, -0.2) is 12.0 Å². The number of nitrogens with zero attached hydrogens (tertiary/aromatic N) is 1. The molecule has 2 aromatic rings. The smallest absolute Gasteiger partial charge is 0.265 e. The largest absolute Gasteiger partial charge is 0.479 e. The number of carbonyl (C=O) groups excluding carboxylic acids is 1. The number of aryl methyl sites for hydroxylation is 1. The highest BCUT2D eigenvalue weighted by molar-refractivity contribution is 7.16. The lowest BCUT2D eigenvalue weighted by Crippen LogP contribution is -2.30. The molecule has 0 saturated heterocycles. The Hall–Kier alpha value is -2.03. The fraction of sp³-hybridized carbons (Fsp3) is 0.429. The minimum absolute atomic E-state index is 0.283. The first-order chi connectivity index (χ1) is 12.9. The Morgan fingerprint density at radius 2 is 2.30 bits per heavy atom. The van der Waals surface area contributed by atoms with Gasteiger partial charge < -0.3 is 10.1 Å². The second-order valence-corrected chi connectivity index (χ2v) is 8.53. The van der Waals surface area contributed by atoms with Gasteiger partial charge in [0.25, 0.3) is 5.91 Å². The van der Waals surface area contributed by atoms with Crippen molar-refractivity contribution in [2.75, 3.05) is 5.32 Å². The van der Waals surface area contributed by atoms with Crippen molar-refractivity contribution in [3.05, 3.63) is 44.8 Å². The lowest BCUT2D eigenvalue weighted by atomic mass is 9.86. The summed E-state index contributed by atoms with van der Waals surface area (Å²) in [5.74, 6) is 0.864. The van der Waals surface area contributed by atoms with Crippen molar-refractivity contribution in [3.8, 4) is 11.8 Å². The van der Waals surface area contributed by atoms with Gasteiger partial charge in [-0.1, -0.05) is 31.0 Å². The molecule has 0 fully saturated rings. The van der Waals surface area contributed by atoms with Crippen molar-refractivity contribution in [3.63, 3.8) is 0 Å². The molecule has 0 saturated carbocycles. The molecule has 0 unspecified atom stereocenters. The van der Waals surface area contributed by atoms with E-state index in [2.05, 4.69) is 18.3 Å². The fourth-order valence-corrected chi connectivity index (χ4v) is 4.84. The quantitative estimate of drug-likeness (QED) is 0.717. The van der Waals surface area contributed by atoms with E-state index < -0.39 is 6.10 Å². The van der Waals surface area contributed by atoms with Crippen LogP contribution in [0.5, 0.6) is 5.75 Å². The van der Waals surface area contributed by atoms with Gasteiger partial charge in [0.05, 0.1) is 10.6 Å². The van der Waals surface area contributed by atoms with Gasteiger partial charge in [-0.15, -0.1) is 11.3 Å². The topological polar surface area (TPSA) is 62.1 Å². The van der Waals surface area contributed by atoms with Gasteiger partial charge in [-0.3, -0.25) is 4.79 Å². The molecule has 3 rings (SSSR count). The number of carbonyl (C=O) groups is 1. The maximum Gasteiger partial charge on any atom is 0.265 e. The normalized spacial score (nSPS) is 16.9. The number of halogens is 1. The third-order valence-electron chi connectivity index (χ3n) is 5.05. The third-order valence-corrected chi connectivity index (χ3v) is 6.53. The Labute approximate surface area is 169 Å². The molecular weight excluding hydrogens is 380 g/mol. The maximum absolute atomic E-state index is 12.6. The van der Waals surface area contributed by atoms with Gasteiger partial charge in [0.2, 0.25) is 0 Å². The molecule has 27 heavy (non-hydrogen) atoms. The second kappa shape index (κ2) is 8.33. The number of nitriles is 1. The van der Waals surface area contributed by atoms with Crippen LogP contribution in [0, 0.1) is 24.2 Å². The zero-order valence-corrected chi connectivity index (χ0v) is 17.3. The van der Waals surface area contributed by atoms with Crippen molar-refractivity contribution < 1.29 is 9.53 Å². The molecule has 0 spiro atoms. The Bertz CT molecular complexity index is 900. The summed E-state index contributed by atoms with van der Waals surface area (Å²) >= 11 is 7.68. The van der Waals surface area contributed by atoms with Gasteiger partial charge >= 0.3 is 0 Å². The van der Waals surface area contributed by atoms with Gasteiger partial charge in [-0.05, 0) is 62.3 Å². The highest BCUT2D eigenvalue weighted by Gasteiger charge is 2.27. The summed E-state index contributed by atoms with van der Waals surface area (Å²) in [6, 6.07) is 7.73. The van der Waals surface area contributed by atoms with Gasteiger partial charge in [-0.25, -0.2) is 0 Å². The van der Waals surface area contributed by atoms with E-state index in [1.54, 1.807) is 13.0 Å². The lowest BCUT2D eigenvalue weighted by molar-refractivity contribution is -0.122. The number of hydrogen-bond acceptors (Lipinski definition) is 4. The number of fused-ring (bicyclic) bond motifs is 1. The molecule has 4 nitrogen and oxygen atoms in total. The maximum atomic E-state index is 12.6. The number of ether oxygens (including phenoxy) is 1. The summed E-state index contributed by atoms with van der Waals surface area (Å²) in [6.45, 7) is 5.82. The van der Waals surface area contributed by atoms with Gasteiger partial charge in [0.1, 0.15) is 16.8 Å². The van der Waals surface area contributed by atoms with Crippen LogP contribution in [0.15, 0.2) is 18.2 Å². The molecule has 142 valence electrons. The van der Waals surface area contributed by atoms with Gasteiger partial charge in [0.15, 0.2) is 6.10 Å². The van der Waals surface area contributed by atoms with Crippen LogP contribution >= 0.6 is 22.9 Å². The van der Waals surface area contributed by atoms with Crippen LogP contribution in [0.2, 0.25) is 5.02 Å².